The van der Waals surface area contributed by atoms with Crippen molar-refractivity contribution in [2.75, 3.05) is 0 Å². The number of aliphatic hydroxyl groups excluding tert-OH is 1. The van der Waals surface area contributed by atoms with Crippen LogP contribution in [0.5, 0.6) is 0 Å². The van der Waals surface area contributed by atoms with Crippen LogP contribution in [-0.4, -0.2) is 33.3 Å². The van der Waals surface area contributed by atoms with Crippen molar-refractivity contribution in [3.05, 3.63) is 65.2 Å². The molecule has 0 saturated heterocycles. The van der Waals surface area contributed by atoms with Crippen LogP contribution in [0.3, 0.4) is 0 Å². The number of aliphatic hydroxyl groups is 1. The van der Waals surface area contributed by atoms with Crippen LogP contribution in [0.4, 0.5) is 22.4 Å². The molecule has 10 heteroatoms. The van der Waals surface area contributed by atoms with Crippen LogP contribution in [0.25, 0.3) is 11.0 Å². The molecule has 1 atom stereocenters. The van der Waals surface area contributed by atoms with Gasteiger partial charge in [-0.05, 0) is 61.9 Å². The molecule has 1 heterocycles. The fourth-order valence-corrected chi connectivity index (χ4v) is 4.05. The van der Waals surface area contributed by atoms with Crippen molar-refractivity contribution in [3.63, 3.8) is 0 Å². The number of carbonyl (C=O) groups is 1. The molecule has 1 saturated carbocycles. The average Bonchev–Trinajstić information content (AvgIpc) is 3.18. The van der Waals surface area contributed by atoms with E-state index in [1.807, 2.05) is 0 Å². The molecule has 1 fully saturated rings. The van der Waals surface area contributed by atoms with Gasteiger partial charge in [0.1, 0.15) is 11.6 Å². The van der Waals surface area contributed by atoms with Gasteiger partial charge >= 0.3 is 12.2 Å². The molecule has 1 aliphatic rings. The van der Waals surface area contributed by atoms with Crippen LogP contribution in [0, 0.1) is 5.82 Å². The van der Waals surface area contributed by atoms with Crippen molar-refractivity contribution >= 4 is 17.1 Å². The highest BCUT2D eigenvalue weighted by molar-refractivity contribution is 5.76. The molecule has 2 amide bonds. The molecular weight excluding hydrogens is 440 g/mol. The molecule has 4 N–H and O–H groups in total. The number of H-pyrrole nitrogens is 1. The van der Waals surface area contributed by atoms with Crippen molar-refractivity contribution in [1.82, 2.24) is 20.6 Å². The fourth-order valence-electron chi connectivity index (χ4n) is 4.05. The topological polar surface area (TPSA) is 90.0 Å². The third-order valence-electron chi connectivity index (χ3n) is 5.85. The largest absolute Gasteiger partial charge is 0.416 e. The van der Waals surface area contributed by atoms with Gasteiger partial charge in [-0.1, -0.05) is 12.1 Å². The number of hydrogen-bond acceptors (Lipinski definition) is 3. The number of aromatic nitrogens is 2. The maximum absolute atomic E-state index is 13.6. The van der Waals surface area contributed by atoms with E-state index < -0.39 is 29.6 Å². The van der Waals surface area contributed by atoms with E-state index in [0.717, 1.165) is 12.1 Å². The summed E-state index contributed by atoms with van der Waals surface area (Å²) in [5.74, 6) is -0.0882. The highest BCUT2D eigenvalue weighted by Gasteiger charge is 2.30. The van der Waals surface area contributed by atoms with Crippen LogP contribution in [0.2, 0.25) is 0 Å². The molecule has 1 aromatic heterocycles. The lowest BCUT2D eigenvalue weighted by molar-refractivity contribution is -0.137. The highest BCUT2D eigenvalue weighted by atomic mass is 19.4. The van der Waals surface area contributed by atoms with Crippen molar-refractivity contribution in [3.8, 4) is 0 Å². The van der Waals surface area contributed by atoms with E-state index in [0.29, 0.717) is 48.1 Å². The van der Waals surface area contributed by atoms with Crippen molar-refractivity contribution in [2.24, 2.45) is 0 Å². The zero-order chi connectivity index (χ0) is 23.6. The first-order valence-electron chi connectivity index (χ1n) is 10.7. The molecule has 0 unspecified atom stereocenters. The standard InChI is InChI=1S/C23H24F4N4O2/c24-15-5-10-18-19(12-15)30-21(29-18)20(11-13-1-3-14(4-2-13)23(25,26)27)31-22(33)28-16-6-8-17(32)9-7-16/h1-5,10,12,16-17,20,32H,6-9,11H2,(H,29,30)(H2,28,31,33)/t16-,17-,20-/m1/s1. The second-order valence-corrected chi connectivity index (χ2v) is 8.36. The van der Waals surface area contributed by atoms with Gasteiger partial charge in [0.2, 0.25) is 0 Å². The normalized spacial score (nSPS) is 19.9. The summed E-state index contributed by atoms with van der Waals surface area (Å²) in [6.45, 7) is 0. The molecule has 0 bridgehead atoms. The summed E-state index contributed by atoms with van der Waals surface area (Å²) >= 11 is 0. The number of carbonyl (C=O) groups excluding carboxylic acids is 1. The van der Waals surface area contributed by atoms with Gasteiger partial charge in [0.15, 0.2) is 0 Å². The predicted octanol–water partition coefficient (Wildman–Crippen LogP) is 4.61. The number of halogens is 4. The van der Waals surface area contributed by atoms with Crippen molar-refractivity contribution in [2.45, 2.75) is 56.5 Å². The molecule has 4 rings (SSSR count). The van der Waals surface area contributed by atoms with Gasteiger partial charge in [-0.3, -0.25) is 0 Å². The first kappa shape index (κ1) is 23.0. The number of hydrogen-bond donors (Lipinski definition) is 4. The maximum atomic E-state index is 13.6. The molecule has 2 aromatic carbocycles. The quantitative estimate of drug-likeness (QED) is 0.416. The number of alkyl halides is 3. The number of nitrogens with one attached hydrogen (secondary N) is 3. The van der Waals surface area contributed by atoms with Gasteiger partial charge < -0.3 is 20.7 Å². The Morgan fingerprint density at radius 2 is 1.82 bits per heavy atom. The molecule has 0 aliphatic heterocycles. The fraction of sp³-hybridized carbons (Fsp3) is 0.391. The van der Waals surface area contributed by atoms with E-state index >= 15 is 0 Å². The summed E-state index contributed by atoms with van der Waals surface area (Å²) in [7, 11) is 0. The van der Waals surface area contributed by atoms with E-state index in [1.54, 1.807) is 0 Å². The summed E-state index contributed by atoms with van der Waals surface area (Å²) < 4.78 is 52.3. The van der Waals surface area contributed by atoms with Gasteiger partial charge in [-0.25, -0.2) is 14.2 Å². The summed E-state index contributed by atoms with van der Waals surface area (Å²) in [6, 6.07) is 7.58. The Labute approximate surface area is 187 Å². The molecule has 6 nitrogen and oxygen atoms in total. The zero-order valence-electron chi connectivity index (χ0n) is 17.6. The van der Waals surface area contributed by atoms with Gasteiger partial charge in [-0.2, -0.15) is 13.2 Å². The minimum absolute atomic E-state index is 0.0788. The third kappa shape index (κ3) is 5.81. The Morgan fingerprint density at radius 3 is 2.48 bits per heavy atom. The number of nitrogens with zero attached hydrogens (tertiary/aromatic N) is 1. The average molecular weight is 464 g/mol. The zero-order valence-corrected chi connectivity index (χ0v) is 17.6. The molecule has 33 heavy (non-hydrogen) atoms. The van der Waals surface area contributed by atoms with Crippen LogP contribution >= 0.6 is 0 Å². The Hall–Kier alpha value is -3.14. The minimum Gasteiger partial charge on any atom is -0.393 e. The first-order valence-corrected chi connectivity index (χ1v) is 10.7. The van der Waals surface area contributed by atoms with Crippen molar-refractivity contribution < 1.29 is 27.5 Å². The number of benzene rings is 2. The second-order valence-electron chi connectivity index (χ2n) is 8.36. The molecule has 1 aliphatic carbocycles. The Morgan fingerprint density at radius 1 is 1.12 bits per heavy atom. The third-order valence-corrected chi connectivity index (χ3v) is 5.85. The number of fused-ring (bicyclic) bond motifs is 1. The molecule has 0 spiro atoms. The van der Waals surface area contributed by atoms with Gasteiger partial charge in [0, 0.05) is 12.1 Å². The SMILES string of the molecule is O=C(N[C@H](Cc1ccc(C(F)(F)F)cc1)c1nc2cc(F)ccc2[nH]1)N[C@H]1CC[C@H](O)CC1. The Kier molecular flexibility index (Phi) is 6.55. The van der Waals surface area contributed by atoms with Crippen molar-refractivity contribution in [1.29, 1.82) is 0 Å². The monoisotopic (exact) mass is 464 g/mol. The number of amides is 2. The predicted molar refractivity (Wildman–Crippen MR) is 114 cm³/mol. The van der Waals surface area contributed by atoms with Crippen LogP contribution < -0.4 is 10.6 Å². The lowest BCUT2D eigenvalue weighted by Crippen LogP contribution is -2.45. The second kappa shape index (κ2) is 9.38. The lowest BCUT2D eigenvalue weighted by atomic mass is 9.93. The highest BCUT2D eigenvalue weighted by Crippen LogP contribution is 2.30. The van der Waals surface area contributed by atoms with E-state index in [2.05, 4.69) is 20.6 Å². The summed E-state index contributed by atoms with van der Waals surface area (Å²) in [4.78, 5) is 20.1. The van der Waals surface area contributed by atoms with Gasteiger partial charge in [0.05, 0.1) is 28.7 Å². The summed E-state index contributed by atoms with van der Waals surface area (Å²) in [6.07, 6.45) is -2.09. The molecule has 176 valence electrons. The smallest absolute Gasteiger partial charge is 0.393 e. The maximum Gasteiger partial charge on any atom is 0.416 e. The lowest BCUT2D eigenvalue weighted by Gasteiger charge is -2.27. The summed E-state index contributed by atoms with van der Waals surface area (Å²) in [5, 5.41) is 15.4. The molecule has 3 aromatic rings. The molecular formula is C23H24F4N4O2. The van der Waals surface area contributed by atoms with Crippen LogP contribution in [0.15, 0.2) is 42.5 Å². The Bertz CT molecular complexity index is 1110. The van der Waals surface area contributed by atoms with Crippen LogP contribution in [-0.2, 0) is 12.6 Å². The van der Waals surface area contributed by atoms with Gasteiger partial charge in [0.25, 0.3) is 0 Å². The van der Waals surface area contributed by atoms with E-state index in [4.69, 9.17) is 0 Å². The minimum atomic E-state index is -4.44. The number of aromatic amines is 1. The Balaban J connectivity index is 1.54. The van der Waals surface area contributed by atoms with E-state index in [9.17, 15) is 27.5 Å². The molecule has 0 radical (unpaired) electrons. The summed E-state index contributed by atoms with van der Waals surface area (Å²) in [5.41, 5.74) is 0.770. The van der Waals surface area contributed by atoms with E-state index in [1.165, 1.54) is 30.3 Å². The van der Waals surface area contributed by atoms with E-state index in [-0.39, 0.29) is 18.6 Å². The number of imidazole rings is 1. The van der Waals surface area contributed by atoms with Gasteiger partial charge in [-0.15, -0.1) is 0 Å². The first-order chi connectivity index (χ1) is 15.7. The van der Waals surface area contributed by atoms with Crippen LogP contribution in [0.1, 0.15) is 48.7 Å². The number of rotatable bonds is 5. The number of urea groups is 1.